The normalized spacial score (nSPS) is 11.8. The first kappa shape index (κ1) is 27.2. The van der Waals surface area contributed by atoms with Gasteiger partial charge >= 0.3 is 282 Å². The van der Waals surface area contributed by atoms with Crippen LogP contribution >= 0.6 is 0 Å². The van der Waals surface area contributed by atoms with Gasteiger partial charge in [-0.2, -0.15) is 0 Å². The van der Waals surface area contributed by atoms with Gasteiger partial charge in [0.2, 0.25) is 0 Å². The van der Waals surface area contributed by atoms with E-state index in [0.29, 0.717) is 28.9 Å². The molecule has 0 spiro atoms. The van der Waals surface area contributed by atoms with Gasteiger partial charge in [0, 0.05) is 0 Å². The van der Waals surface area contributed by atoms with Crippen LogP contribution in [-0.4, -0.2) is 34.4 Å². The van der Waals surface area contributed by atoms with Gasteiger partial charge in [0.25, 0.3) is 0 Å². The maximum atomic E-state index is 6.65. The summed E-state index contributed by atoms with van der Waals surface area (Å²) < 4.78 is 9.21. The third-order valence-corrected chi connectivity index (χ3v) is 11.6. The molecule has 0 saturated carbocycles. The van der Waals surface area contributed by atoms with Crippen LogP contribution in [0, 0.1) is 0 Å². The third-order valence-electron chi connectivity index (χ3n) is 8.93. The van der Waals surface area contributed by atoms with Crippen molar-refractivity contribution in [3.63, 3.8) is 0 Å². The fourth-order valence-electron chi connectivity index (χ4n) is 6.60. The SMILES string of the molecule is c1ccc(-c2nc(-c3ccccc3)nc(-c3cc4oc(-c5ccc6ccccc6c5)nc4c4c3[se]c3c5ccccc5ccc34)n2)cc1. The van der Waals surface area contributed by atoms with E-state index in [1.54, 1.807) is 0 Å². The first-order valence-electron chi connectivity index (χ1n) is 15.8. The number of aromatic nitrogens is 4. The van der Waals surface area contributed by atoms with Crippen molar-refractivity contribution in [3.05, 3.63) is 146 Å². The van der Waals surface area contributed by atoms with E-state index in [2.05, 4.69) is 84.9 Å². The molecule has 0 saturated heterocycles. The van der Waals surface area contributed by atoms with Crippen molar-refractivity contribution in [1.29, 1.82) is 0 Å². The number of rotatable bonds is 4. The third kappa shape index (κ3) is 4.38. The molecule has 0 amide bonds. The molecule has 3 heterocycles. The molecule has 0 atom stereocenters. The zero-order chi connectivity index (χ0) is 31.6. The van der Waals surface area contributed by atoms with Gasteiger partial charge in [-0.3, -0.25) is 0 Å². The Morgan fingerprint density at radius 1 is 0.438 bits per heavy atom. The van der Waals surface area contributed by atoms with Crippen LogP contribution < -0.4 is 0 Å². The summed E-state index contributed by atoms with van der Waals surface area (Å²) in [6.07, 6.45) is 0. The van der Waals surface area contributed by atoms with Crippen LogP contribution in [0.2, 0.25) is 0 Å². The minimum absolute atomic E-state index is 0.0242. The fraction of sp³-hybridized carbons (Fsp3) is 0. The molecule has 5 nitrogen and oxygen atoms in total. The predicted molar refractivity (Wildman–Crippen MR) is 196 cm³/mol. The molecule has 3 aromatic heterocycles. The number of hydrogen-bond donors (Lipinski definition) is 0. The number of nitrogens with zero attached hydrogens (tertiary/aromatic N) is 4. The molecule has 10 aromatic rings. The first-order valence-corrected chi connectivity index (χ1v) is 17.5. The van der Waals surface area contributed by atoms with Crippen molar-refractivity contribution in [2.24, 2.45) is 0 Å². The Labute approximate surface area is 280 Å². The van der Waals surface area contributed by atoms with Gasteiger partial charge in [-0.05, 0) is 0 Å². The second kappa shape index (κ2) is 10.8. The van der Waals surface area contributed by atoms with Gasteiger partial charge in [-0.25, -0.2) is 0 Å². The minimum atomic E-state index is -0.0242. The van der Waals surface area contributed by atoms with Crippen LogP contribution in [0.5, 0.6) is 0 Å². The van der Waals surface area contributed by atoms with Crippen LogP contribution in [-0.2, 0) is 0 Å². The Balaban J connectivity index is 1.29. The monoisotopic (exact) mass is 680 g/mol. The summed E-state index contributed by atoms with van der Waals surface area (Å²) in [4.78, 5) is 20.4. The number of benzene rings is 7. The van der Waals surface area contributed by atoms with E-state index in [1.807, 2.05) is 60.7 Å². The van der Waals surface area contributed by atoms with Gasteiger partial charge < -0.3 is 0 Å². The zero-order valence-electron chi connectivity index (χ0n) is 25.5. The Hall–Kier alpha value is -5.94. The van der Waals surface area contributed by atoms with Crippen molar-refractivity contribution in [2.75, 3.05) is 0 Å². The quantitative estimate of drug-likeness (QED) is 0.173. The second-order valence-corrected chi connectivity index (χ2v) is 14.0. The molecule has 6 heteroatoms. The van der Waals surface area contributed by atoms with Gasteiger partial charge in [0.15, 0.2) is 0 Å². The molecule has 10 rings (SSSR count). The molecule has 0 radical (unpaired) electrons. The van der Waals surface area contributed by atoms with E-state index < -0.39 is 0 Å². The molecule has 7 aromatic carbocycles. The van der Waals surface area contributed by atoms with Gasteiger partial charge in [0.1, 0.15) is 0 Å². The summed E-state index contributed by atoms with van der Waals surface area (Å²) in [7, 11) is 0. The standard InChI is InChI=1S/C42H24N4OSe/c1-3-13-27(14-4-1)39-44-40(28-15-5-2-6-16-28)46-41(45-39)33-24-34-36(43-42(47-34)30-20-19-25-11-7-8-17-29(25)23-30)35-32-22-21-26-12-9-10-18-31(26)37(32)48-38(33)35/h1-24H. The summed E-state index contributed by atoms with van der Waals surface area (Å²) in [6.45, 7) is 0. The molecule has 0 unspecified atom stereocenters. The van der Waals surface area contributed by atoms with E-state index in [1.165, 1.54) is 30.1 Å². The van der Waals surface area contributed by atoms with E-state index in [4.69, 9.17) is 24.4 Å². The molecule has 224 valence electrons. The number of hydrogen-bond acceptors (Lipinski definition) is 5. The van der Waals surface area contributed by atoms with Crippen molar-refractivity contribution in [2.45, 2.75) is 0 Å². The molecule has 0 aliphatic rings. The van der Waals surface area contributed by atoms with Crippen molar-refractivity contribution >= 4 is 66.4 Å². The van der Waals surface area contributed by atoms with Crippen molar-refractivity contribution in [3.8, 4) is 45.6 Å². The van der Waals surface area contributed by atoms with Crippen LogP contribution in [0.3, 0.4) is 0 Å². The van der Waals surface area contributed by atoms with Crippen LogP contribution in [0.25, 0.3) is 97.6 Å². The second-order valence-electron chi connectivity index (χ2n) is 11.9. The van der Waals surface area contributed by atoms with Crippen LogP contribution in [0.1, 0.15) is 0 Å². The first-order chi connectivity index (χ1) is 23.8. The molecule has 0 aliphatic heterocycles. The number of oxazole rings is 1. The average molecular weight is 680 g/mol. The maximum absolute atomic E-state index is 6.65. The molecular formula is C42H24N4OSe. The molecule has 0 fully saturated rings. The van der Waals surface area contributed by atoms with Crippen molar-refractivity contribution < 1.29 is 4.42 Å². The summed E-state index contributed by atoms with van der Waals surface area (Å²) in [6, 6.07) is 50.1. The Bertz CT molecular complexity index is 2780. The zero-order valence-corrected chi connectivity index (χ0v) is 27.2. The Kier molecular flexibility index (Phi) is 6.13. The van der Waals surface area contributed by atoms with Crippen molar-refractivity contribution in [1.82, 2.24) is 19.9 Å². The van der Waals surface area contributed by atoms with Gasteiger partial charge in [-0.15, -0.1) is 0 Å². The van der Waals surface area contributed by atoms with Crippen LogP contribution in [0.15, 0.2) is 150 Å². The molecule has 0 aliphatic carbocycles. The van der Waals surface area contributed by atoms with E-state index in [-0.39, 0.29) is 14.5 Å². The van der Waals surface area contributed by atoms with Gasteiger partial charge in [-0.1, -0.05) is 0 Å². The summed E-state index contributed by atoms with van der Waals surface area (Å²) in [5.41, 5.74) is 5.36. The summed E-state index contributed by atoms with van der Waals surface area (Å²) in [5.74, 6) is 2.50. The van der Waals surface area contributed by atoms with Crippen LogP contribution in [0.4, 0.5) is 0 Å². The topological polar surface area (TPSA) is 64.7 Å². The molecule has 48 heavy (non-hydrogen) atoms. The molecule has 0 N–H and O–H groups in total. The Morgan fingerprint density at radius 2 is 1.06 bits per heavy atom. The predicted octanol–water partition coefficient (Wildman–Crippen LogP) is 10.4. The Morgan fingerprint density at radius 3 is 1.81 bits per heavy atom. The van der Waals surface area contributed by atoms with E-state index in [9.17, 15) is 0 Å². The van der Waals surface area contributed by atoms with Gasteiger partial charge in [0.05, 0.1) is 0 Å². The molecular weight excluding hydrogens is 655 g/mol. The van der Waals surface area contributed by atoms with E-state index >= 15 is 0 Å². The summed E-state index contributed by atoms with van der Waals surface area (Å²) >= 11 is -0.0242. The molecule has 0 bridgehead atoms. The average Bonchev–Trinajstić information content (AvgIpc) is 3.77. The fourth-order valence-corrected chi connectivity index (χ4v) is 9.43. The summed E-state index contributed by atoms with van der Waals surface area (Å²) in [5, 5.41) is 7.15. The number of fused-ring (bicyclic) bond motifs is 8. The van der Waals surface area contributed by atoms with E-state index in [0.717, 1.165) is 38.5 Å².